The van der Waals surface area contributed by atoms with Gasteiger partial charge < -0.3 is 15.4 Å². The second kappa shape index (κ2) is 6.92. The summed E-state index contributed by atoms with van der Waals surface area (Å²) < 4.78 is 5.47. The third-order valence-corrected chi connectivity index (χ3v) is 3.60. The standard InChI is InChI=1S/C17H24N2O3/c1-17(2,3)16(21)19-13-8-6-12(7-9-13)15(20)18-11-14-5-4-10-22-14/h6-9,14H,4-5,10-11H2,1-3H3,(H,18,20)(H,19,21)/t14-/m0/s1. The van der Waals surface area contributed by atoms with Gasteiger partial charge in [-0.1, -0.05) is 20.8 Å². The summed E-state index contributed by atoms with van der Waals surface area (Å²) in [6.07, 6.45) is 2.19. The Morgan fingerprint density at radius 2 is 1.91 bits per heavy atom. The Labute approximate surface area is 131 Å². The first-order valence-electron chi connectivity index (χ1n) is 7.67. The van der Waals surface area contributed by atoms with Crippen molar-refractivity contribution in [2.75, 3.05) is 18.5 Å². The van der Waals surface area contributed by atoms with E-state index in [1.807, 2.05) is 20.8 Å². The fourth-order valence-electron chi connectivity index (χ4n) is 2.14. The molecule has 22 heavy (non-hydrogen) atoms. The zero-order valence-electron chi connectivity index (χ0n) is 13.4. The highest BCUT2D eigenvalue weighted by Gasteiger charge is 2.21. The maximum absolute atomic E-state index is 12.0. The quantitative estimate of drug-likeness (QED) is 0.898. The zero-order chi connectivity index (χ0) is 16.2. The SMILES string of the molecule is CC(C)(C)C(=O)Nc1ccc(C(=O)NC[C@@H]2CCCO2)cc1. The molecule has 1 aliphatic heterocycles. The van der Waals surface area contributed by atoms with Crippen LogP contribution in [0.15, 0.2) is 24.3 Å². The van der Waals surface area contributed by atoms with Gasteiger partial charge in [-0.2, -0.15) is 0 Å². The molecule has 1 saturated heterocycles. The van der Waals surface area contributed by atoms with Gasteiger partial charge in [0.05, 0.1) is 6.10 Å². The molecule has 1 fully saturated rings. The number of rotatable bonds is 4. The molecule has 0 unspecified atom stereocenters. The summed E-state index contributed by atoms with van der Waals surface area (Å²) in [7, 11) is 0. The van der Waals surface area contributed by atoms with E-state index >= 15 is 0 Å². The van der Waals surface area contributed by atoms with E-state index < -0.39 is 5.41 Å². The van der Waals surface area contributed by atoms with Crippen molar-refractivity contribution in [3.8, 4) is 0 Å². The molecule has 0 aromatic heterocycles. The number of ether oxygens (including phenoxy) is 1. The molecule has 0 aliphatic carbocycles. The van der Waals surface area contributed by atoms with E-state index in [1.54, 1.807) is 24.3 Å². The molecule has 2 rings (SSSR count). The van der Waals surface area contributed by atoms with Crippen molar-refractivity contribution < 1.29 is 14.3 Å². The predicted molar refractivity (Wildman–Crippen MR) is 85.8 cm³/mol. The van der Waals surface area contributed by atoms with Gasteiger partial charge in [0, 0.05) is 29.8 Å². The van der Waals surface area contributed by atoms with Crippen LogP contribution in [0, 0.1) is 5.41 Å². The minimum atomic E-state index is -0.447. The summed E-state index contributed by atoms with van der Waals surface area (Å²) >= 11 is 0. The number of benzene rings is 1. The Kier molecular flexibility index (Phi) is 5.19. The molecule has 1 aliphatic rings. The number of nitrogens with one attached hydrogen (secondary N) is 2. The normalized spacial score (nSPS) is 18.0. The van der Waals surface area contributed by atoms with Crippen LogP contribution in [0.25, 0.3) is 0 Å². The first kappa shape index (κ1) is 16.5. The van der Waals surface area contributed by atoms with Gasteiger partial charge in [-0.25, -0.2) is 0 Å². The molecule has 0 bridgehead atoms. The summed E-state index contributed by atoms with van der Waals surface area (Å²) in [6, 6.07) is 6.90. The molecule has 5 heteroatoms. The summed E-state index contributed by atoms with van der Waals surface area (Å²) in [6.45, 7) is 6.89. The summed E-state index contributed by atoms with van der Waals surface area (Å²) in [5, 5.41) is 5.71. The number of carbonyl (C=O) groups excluding carboxylic acids is 2. The van der Waals surface area contributed by atoms with Gasteiger partial charge in [0.25, 0.3) is 5.91 Å². The average molecular weight is 304 g/mol. The van der Waals surface area contributed by atoms with E-state index in [0.717, 1.165) is 19.4 Å². The third kappa shape index (κ3) is 4.56. The van der Waals surface area contributed by atoms with Crippen molar-refractivity contribution in [3.63, 3.8) is 0 Å². The van der Waals surface area contributed by atoms with Crippen molar-refractivity contribution in [2.24, 2.45) is 5.41 Å². The van der Waals surface area contributed by atoms with Crippen molar-refractivity contribution >= 4 is 17.5 Å². The maximum Gasteiger partial charge on any atom is 0.251 e. The second-order valence-corrected chi connectivity index (χ2v) is 6.63. The lowest BCUT2D eigenvalue weighted by molar-refractivity contribution is -0.123. The number of carbonyl (C=O) groups is 2. The van der Waals surface area contributed by atoms with E-state index in [9.17, 15) is 9.59 Å². The van der Waals surface area contributed by atoms with E-state index in [4.69, 9.17) is 4.74 Å². The topological polar surface area (TPSA) is 67.4 Å². The van der Waals surface area contributed by atoms with Gasteiger partial charge in [0.15, 0.2) is 0 Å². The van der Waals surface area contributed by atoms with Crippen molar-refractivity contribution in [3.05, 3.63) is 29.8 Å². The van der Waals surface area contributed by atoms with Crippen LogP contribution in [0.2, 0.25) is 0 Å². The lowest BCUT2D eigenvalue weighted by Gasteiger charge is -2.17. The van der Waals surface area contributed by atoms with Gasteiger partial charge in [-0.3, -0.25) is 9.59 Å². The van der Waals surface area contributed by atoms with E-state index in [1.165, 1.54) is 0 Å². The molecular formula is C17H24N2O3. The molecule has 0 saturated carbocycles. The van der Waals surface area contributed by atoms with Crippen LogP contribution in [0.3, 0.4) is 0 Å². The third-order valence-electron chi connectivity index (χ3n) is 3.60. The largest absolute Gasteiger partial charge is 0.376 e. The number of hydrogen-bond donors (Lipinski definition) is 2. The average Bonchev–Trinajstić information content (AvgIpc) is 2.98. The van der Waals surface area contributed by atoms with Crippen LogP contribution in [0.1, 0.15) is 44.0 Å². The second-order valence-electron chi connectivity index (χ2n) is 6.63. The molecule has 5 nitrogen and oxygen atoms in total. The summed E-state index contributed by atoms with van der Waals surface area (Å²) in [5.41, 5.74) is 0.819. The van der Waals surface area contributed by atoms with E-state index in [0.29, 0.717) is 17.8 Å². The van der Waals surface area contributed by atoms with Crippen LogP contribution in [-0.4, -0.2) is 31.1 Å². The van der Waals surface area contributed by atoms with Gasteiger partial charge in [0.1, 0.15) is 0 Å². The fourth-order valence-corrected chi connectivity index (χ4v) is 2.14. The van der Waals surface area contributed by atoms with Crippen LogP contribution in [-0.2, 0) is 9.53 Å². The van der Waals surface area contributed by atoms with E-state index in [2.05, 4.69) is 10.6 Å². The van der Waals surface area contributed by atoms with Gasteiger partial charge in [-0.05, 0) is 37.1 Å². The maximum atomic E-state index is 12.0. The Morgan fingerprint density at radius 3 is 2.45 bits per heavy atom. The van der Waals surface area contributed by atoms with Gasteiger partial charge >= 0.3 is 0 Å². The monoisotopic (exact) mass is 304 g/mol. The molecule has 1 heterocycles. The predicted octanol–water partition coefficient (Wildman–Crippen LogP) is 2.58. The van der Waals surface area contributed by atoms with Crippen molar-refractivity contribution in [1.29, 1.82) is 0 Å². The van der Waals surface area contributed by atoms with Crippen LogP contribution < -0.4 is 10.6 Å². The molecule has 0 radical (unpaired) electrons. The highest BCUT2D eigenvalue weighted by molar-refractivity contribution is 5.97. The summed E-state index contributed by atoms with van der Waals surface area (Å²) in [5.74, 6) is -0.174. The zero-order valence-corrected chi connectivity index (χ0v) is 13.4. The van der Waals surface area contributed by atoms with E-state index in [-0.39, 0.29) is 17.9 Å². The Balaban J connectivity index is 1.87. The smallest absolute Gasteiger partial charge is 0.251 e. The molecule has 1 aromatic carbocycles. The van der Waals surface area contributed by atoms with Crippen molar-refractivity contribution in [2.45, 2.75) is 39.7 Å². The molecule has 1 atom stereocenters. The lowest BCUT2D eigenvalue weighted by atomic mass is 9.95. The number of hydrogen-bond acceptors (Lipinski definition) is 3. The van der Waals surface area contributed by atoms with Crippen LogP contribution in [0.4, 0.5) is 5.69 Å². The number of amides is 2. The van der Waals surface area contributed by atoms with Crippen molar-refractivity contribution in [1.82, 2.24) is 5.32 Å². The highest BCUT2D eigenvalue weighted by atomic mass is 16.5. The Hall–Kier alpha value is -1.88. The first-order chi connectivity index (χ1) is 10.4. The van der Waals surface area contributed by atoms with Crippen LogP contribution >= 0.6 is 0 Å². The van der Waals surface area contributed by atoms with Gasteiger partial charge in [-0.15, -0.1) is 0 Å². The molecule has 0 spiro atoms. The summed E-state index contributed by atoms with van der Waals surface area (Å²) in [4.78, 5) is 23.9. The minimum Gasteiger partial charge on any atom is -0.376 e. The fraction of sp³-hybridized carbons (Fsp3) is 0.529. The van der Waals surface area contributed by atoms with Crippen LogP contribution in [0.5, 0.6) is 0 Å². The molecule has 2 N–H and O–H groups in total. The minimum absolute atomic E-state index is 0.0527. The molecule has 2 amide bonds. The molecule has 1 aromatic rings. The molecular weight excluding hydrogens is 280 g/mol. The molecule has 120 valence electrons. The lowest BCUT2D eigenvalue weighted by Crippen LogP contribution is -2.31. The van der Waals surface area contributed by atoms with Gasteiger partial charge in [0.2, 0.25) is 5.91 Å². The Bertz CT molecular complexity index is 526. The highest BCUT2D eigenvalue weighted by Crippen LogP contribution is 2.18. The number of anilines is 1. The first-order valence-corrected chi connectivity index (χ1v) is 7.67. The Morgan fingerprint density at radius 1 is 1.23 bits per heavy atom.